The van der Waals surface area contributed by atoms with E-state index in [1.54, 1.807) is 0 Å². The highest BCUT2D eigenvalue weighted by Crippen LogP contribution is 2.55. The molecule has 2 unspecified atom stereocenters. The second-order valence-electron chi connectivity index (χ2n) is 6.03. The van der Waals surface area contributed by atoms with E-state index in [0.717, 1.165) is 36.3 Å². The van der Waals surface area contributed by atoms with Crippen LogP contribution in [0.3, 0.4) is 0 Å². The van der Waals surface area contributed by atoms with Gasteiger partial charge in [0.15, 0.2) is 0 Å². The molecular weight excluding hydrogens is 278 g/mol. The molecule has 1 fully saturated rings. The molecule has 2 atom stereocenters. The van der Waals surface area contributed by atoms with Gasteiger partial charge in [0.1, 0.15) is 0 Å². The molecule has 0 radical (unpaired) electrons. The maximum Gasteiger partial charge on any atom is 0.0270 e. The van der Waals surface area contributed by atoms with Crippen molar-refractivity contribution in [2.45, 2.75) is 30.7 Å². The zero-order valence-electron chi connectivity index (χ0n) is 12.5. The lowest BCUT2D eigenvalue weighted by molar-refractivity contribution is 0.651. The fraction of sp³-hybridized carbons (Fsp3) is 0.471. The minimum absolute atomic E-state index is 0.255. The van der Waals surface area contributed by atoms with Crippen LogP contribution in [0.2, 0.25) is 0 Å². The van der Waals surface area contributed by atoms with E-state index in [1.165, 1.54) is 23.8 Å². The lowest BCUT2D eigenvalue weighted by Crippen LogP contribution is -2.15. The van der Waals surface area contributed by atoms with Crippen LogP contribution in [-0.2, 0) is 11.8 Å². The Hall–Kier alpha value is -1.26. The van der Waals surface area contributed by atoms with Crippen LogP contribution in [0.4, 0.5) is 0 Å². The molecule has 1 aromatic rings. The van der Waals surface area contributed by atoms with Crippen molar-refractivity contribution in [3.05, 3.63) is 41.1 Å². The molecule has 0 aromatic heterocycles. The monoisotopic (exact) mass is 301 g/mol. The normalized spacial score (nSPS) is 26.8. The van der Waals surface area contributed by atoms with E-state index in [9.17, 15) is 0 Å². The first-order chi connectivity index (χ1) is 10.2. The van der Waals surface area contributed by atoms with E-state index >= 15 is 0 Å². The zero-order valence-corrected chi connectivity index (χ0v) is 13.3. The van der Waals surface area contributed by atoms with Gasteiger partial charge in [-0.2, -0.15) is 11.8 Å². The summed E-state index contributed by atoms with van der Waals surface area (Å²) in [5.41, 5.74) is 11.4. The molecule has 0 amide bonds. The molecule has 4 N–H and O–H groups in total. The quantitative estimate of drug-likeness (QED) is 0.559. The molecule has 3 nitrogen and oxygen atoms in total. The molecule has 0 saturated heterocycles. The summed E-state index contributed by atoms with van der Waals surface area (Å²) < 4.78 is 0. The Morgan fingerprint density at radius 2 is 2.38 bits per heavy atom. The van der Waals surface area contributed by atoms with Crippen molar-refractivity contribution in [1.82, 2.24) is 5.32 Å². The topological polar surface area (TPSA) is 61.9 Å². The van der Waals surface area contributed by atoms with Gasteiger partial charge >= 0.3 is 0 Å². The van der Waals surface area contributed by atoms with E-state index in [0.29, 0.717) is 6.04 Å². The van der Waals surface area contributed by atoms with Crippen LogP contribution in [0.1, 0.15) is 29.5 Å². The van der Waals surface area contributed by atoms with Crippen LogP contribution in [0.5, 0.6) is 0 Å². The number of allylic oxidation sites excluding steroid dienone is 1. The molecule has 0 aliphatic heterocycles. The Morgan fingerprint density at radius 3 is 3.05 bits per heavy atom. The highest BCUT2D eigenvalue weighted by Gasteiger charge is 2.56. The second-order valence-corrected chi connectivity index (χ2v) is 7.02. The summed E-state index contributed by atoms with van der Waals surface area (Å²) in [4.78, 5) is 0. The van der Waals surface area contributed by atoms with Crippen molar-refractivity contribution in [1.29, 1.82) is 5.41 Å². The van der Waals surface area contributed by atoms with E-state index in [4.69, 9.17) is 11.1 Å². The van der Waals surface area contributed by atoms with Crippen LogP contribution in [-0.4, -0.2) is 30.8 Å². The first-order valence-electron chi connectivity index (χ1n) is 7.53. The maximum absolute atomic E-state index is 7.67. The Kier molecular flexibility index (Phi) is 4.09. The van der Waals surface area contributed by atoms with Crippen molar-refractivity contribution < 1.29 is 0 Å². The highest BCUT2D eigenvalue weighted by atomic mass is 32.2. The third kappa shape index (κ3) is 2.62. The minimum Gasteiger partial charge on any atom is -0.390 e. The lowest BCUT2D eigenvalue weighted by Gasteiger charge is -2.12. The SMILES string of the molecule is CSCCN/C=C(\C=N)c1ccc2c(c1)C1(CC2)CC1N. The van der Waals surface area contributed by atoms with Gasteiger partial charge < -0.3 is 16.5 Å². The predicted molar refractivity (Wildman–Crippen MR) is 92.2 cm³/mol. The summed E-state index contributed by atoms with van der Waals surface area (Å²) in [6.45, 7) is 0.929. The van der Waals surface area contributed by atoms with Gasteiger partial charge in [-0.3, -0.25) is 0 Å². The van der Waals surface area contributed by atoms with Gasteiger partial charge in [0.05, 0.1) is 0 Å². The number of thioether (sulfide) groups is 1. The summed E-state index contributed by atoms with van der Waals surface area (Å²) >= 11 is 1.82. The van der Waals surface area contributed by atoms with E-state index in [2.05, 4.69) is 29.8 Å². The molecule has 2 aliphatic carbocycles. The van der Waals surface area contributed by atoms with E-state index in [-0.39, 0.29) is 5.41 Å². The fourth-order valence-corrected chi connectivity index (χ4v) is 3.73. The van der Waals surface area contributed by atoms with Gasteiger partial charge in [-0.25, -0.2) is 0 Å². The number of hydrogen-bond donors (Lipinski definition) is 3. The molecule has 0 bridgehead atoms. The van der Waals surface area contributed by atoms with Gasteiger partial charge in [-0.15, -0.1) is 0 Å². The number of hydrogen-bond acceptors (Lipinski definition) is 4. The Balaban J connectivity index is 1.83. The van der Waals surface area contributed by atoms with Crippen LogP contribution in [0.25, 0.3) is 5.57 Å². The molecule has 4 heteroatoms. The Morgan fingerprint density at radius 1 is 1.57 bits per heavy atom. The summed E-state index contributed by atoms with van der Waals surface area (Å²) in [5, 5.41) is 11.0. The average Bonchev–Trinajstić information content (AvgIpc) is 3.01. The average molecular weight is 301 g/mol. The molecule has 0 heterocycles. The zero-order chi connectivity index (χ0) is 14.9. The number of benzene rings is 1. The first-order valence-corrected chi connectivity index (χ1v) is 8.93. The third-order valence-electron chi connectivity index (χ3n) is 4.82. The van der Waals surface area contributed by atoms with Crippen molar-refractivity contribution in [2.24, 2.45) is 5.73 Å². The lowest BCUT2D eigenvalue weighted by atomic mass is 9.94. The van der Waals surface area contributed by atoms with E-state index in [1.807, 2.05) is 18.0 Å². The molecule has 1 spiro atoms. The number of rotatable bonds is 6. The maximum atomic E-state index is 7.67. The summed E-state index contributed by atoms with van der Waals surface area (Å²) in [5.74, 6) is 1.07. The standard InChI is InChI=1S/C17H23N3S/c1-21-7-6-20-11-14(10-18)13-3-2-12-4-5-17(9-16(17)19)15(12)8-13/h2-3,8,10-11,16,18,20H,4-7,9,19H2,1H3/b14-11+,18-10?. The van der Waals surface area contributed by atoms with Gasteiger partial charge in [0, 0.05) is 41.7 Å². The van der Waals surface area contributed by atoms with Crippen LogP contribution < -0.4 is 11.1 Å². The predicted octanol–water partition coefficient (Wildman–Crippen LogP) is 2.54. The Labute approximate surface area is 130 Å². The van der Waals surface area contributed by atoms with Crippen molar-refractivity contribution >= 4 is 23.5 Å². The van der Waals surface area contributed by atoms with Crippen molar-refractivity contribution in [2.75, 3.05) is 18.6 Å². The molecular formula is C17H23N3S. The minimum atomic E-state index is 0.255. The largest absolute Gasteiger partial charge is 0.390 e. The fourth-order valence-electron chi connectivity index (χ4n) is 3.41. The van der Waals surface area contributed by atoms with Gasteiger partial charge in [-0.05, 0) is 42.2 Å². The molecule has 112 valence electrons. The molecule has 2 aliphatic rings. The number of nitrogens with one attached hydrogen (secondary N) is 2. The van der Waals surface area contributed by atoms with Gasteiger partial charge in [0.25, 0.3) is 0 Å². The van der Waals surface area contributed by atoms with Crippen molar-refractivity contribution in [3.63, 3.8) is 0 Å². The summed E-state index contributed by atoms with van der Waals surface area (Å²) in [7, 11) is 0. The Bertz CT molecular complexity index is 581. The van der Waals surface area contributed by atoms with Crippen LogP contribution in [0, 0.1) is 5.41 Å². The second kappa shape index (κ2) is 5.85. The first kappa shape index (κ1) is 14.7. The van der Waals surface area contributed by atoms with Crippen molar-refractivity contribution in [3.8, 4) is 0 Å². The number of fused-ring (bicyclic) bond motifs is 2. The summed E-state index contributed by atoms with van der Waals surface area (Å²) in [6, 6.07) is 6.96. The third-order valence-corrected chi connectivity index (χ3v) is 5.43. The van der Waals surface area contributed by atoms with Gasteiger partial charge in [-0.1, -0.05) is 18.2 Å². The number of nitrogens with two attached hydrogens (primary N) is 1. The molecule has 21 heavy (non-hydrogen) atoms. The number of aryl methyl sites for hydroxylation is 1. The van der Waals surface area contributed by atoms with Gasteiger partial charge in [0.2, 0.25) is 0 Å². The molecule has 3 rings (SSSR count). The smallest absolute Gasteiger partial charge is 0.0270 e. The summed E-state index contributed by atoms with van der Waals surface area (Å²) in [6.07, 6.45) is 8.96. The van der Waals surface area contributed by atoms with Crippen LogP contribution in [0.15, 0.2) is 24.4 Å². The molecule has 1 saturated carbocycles. The van der Waals surface area contributed by atoms with Crippen LogP contribution >= 0.6 is 11.8 Å². The highest BCUT2D eigenvalue weighted by molar-refractivity contribution is 7.98. The molecule has 1 aromatic carbocycles. The van der Waals surface area contributed by atoms with E-state index < -0.39 is 0 Å².